The summed E-state index contributed by atoms with van der Waals surface area (Å²) in [7, 11) is 0. The van der Waals surface area contributed by atoms with Crippen molar-refractivity contribution in [1.29, 1.82) is 0 Å². The number of thiazole rings is 1. The van der Waals surface area contributed by atoms with Gasteiger partial charge in [-0.15, -0.1) is 22.7 Å². The van der Waals surface area contributed by atoms with Crippen LogP contribution in [0.15, 0.2) is 54.2 Å². The van der Waals surface area contributed by atoms with Crippen LogP contribution in [0.5, 0.6) is 0 Å². The van der Waals surface area contributed by atoms with Crippen LogP contribution in [0.3, 0.4) is 0 Å². The number of aryl methyl sites for hydroxylation is 1. The lowest BCUT2D eigenvalue weighted by atomic mass is 10.2. The number of H-pyrrole nitrogens is 1. The van der Waals surface area contributed by atoms with Crippen molar-refractivity contribution in [2.75, 3.05) is 6.54 Å². The molecule has 3 heterocycles. The zero-order valence-corrected chi connectivity index (χ0v) is 17.6. The number of aromatic nitrogens is 3. The molecule has 1 amide bonds. The topological polar surface area (TPSA) is 62.7 Å². The monoisotopic (exact) mass is 426 g/mol. The van der Waals surface area contributed by atoms with Crippen LogP contribution in [-0.4, -0.2) is 27.0 Å². The second kappa shape index (κ2) is 8.22. The van der Waals surface area contributed by atoms with E-state index in [4.69, 9.17) is 12.2 Å². The largest absolute Gasteiger partial charge is 0.352 e. The first-order valence-electron chi connectivity index (χ1n) is 8.76. The number of hydrogen-bond donors (Lipinski definition) is 2. The molecule has 0 aliphatic rings. The van der Waals surface area contributed by atoms with E-state index in [2.05, 4.69) is 32.8 Å². The Bertz CT molecular complexity index is 1150. The van der Waals surface area contributed by atoms with E-state index in [0.717, 1.165) is 22.8 Å². The third-order valence-corrected chi connectivity index (χ3v) is 6.50. The summed E-state index contributed by atoms with van der Waals surface area (Å²) in [5.74, 6) is -0.0730. The molecule has 0 saturated heterocycles. The first kappa shape index (κ1) is 18.8. The van der Waals surface area contributed by atoms with E-state index in [-0.39, 0.29) is 5.91 Å². The fraction of sp³-hybridized carbons (Fsp3) is 0.150. The maximum atomic E-state index is 12.4. The van der Waals surface area contributed by atoms with E-state index < -0.39 is 0 Å². The van der Waals surface area contributed by atoms with Crippen LogP contribution in [0.2, 0.25) is 0 Å². The number of rotatable bonds is 6. The van der Waals surface area contributed by atoms with Gasteiger partial charge >= 0.3 is 0 Å². The Balaban J connectivity index is 1.33. The Morgan fingerprint density at radius 3 is 2.75 bits per heavy atom. The van der Waals surface area contributed by atoms with Gasteiger partial charge in [0.2, 0.25) is 0 Å². The summed E-state index contributed by atoms with van der Waals surface area (Å²) in [4.78, 5) is 22.3. The van der Waals surface area contributed by atoms with Crippen molar-refractivity contribution in [3.05, 3.63) is 74.4 Å². The number of carbonyl (C=O) groups excluding carboxylic acids is 1. The zero-order chi connectivity index (χ0) is 19.5. The molecule has 2 N–H and O–H groups in total. The van der Waals surface area contributed by atoms with Crippen LogP contribution in [-0.2, 0) is 6.42 Å². The van der Waals surface area contributed by atoms with Gasteiger partial charge in [-0.1, -0.05) is 0 Å². The van der Waals surface area contributed by atoms with Crippen molar-refractivity contribution < 1.29 is 4.79 Å². The Kier molecular flexibility index (Phi) is 5.52. The van der Waals surface area contributed by atoms with Crippen molar-refractivity contribution in [3.8, 4) is 16.3 Å². The molecule has 0 unspecified atom stereocenters. The zero-order valence-electron chi connectivity index (χ0n) is 15.1. The number of aromatic amines is 1. The molecule has 0 bridgehead atoms. The van der Waals surface area contributed by atoms with Gasteiger partial charge in [0.25, 0.3) is 5.91 Å². The van der Waals surface area contributed by atoms with Gasteiger partial charge in [-0.2, -0.15) is 0 Å². The van der Waals surface area contributed by atoms with Crippen molar-refractivity contribution in [3.63, 3.8) is 0 Å². The number of amides is 1. The van der Waals surface area contributed by atoms with Gasteiger partial charge in [0.1, 0.15) is 0 Å². The SMILES string of the molecule is Cc1nc(-c2ccc(CCNC(=O)c3ccc(-n4cc[nH]c4=S)cc3)s2)cs1. The average molecular weight is 427 g/mol. The minimum Gasteiger partial charge on any atom is -0.352 e. The molecule has 0 spiro atoms. The summed E-state index contributed by atoms with van der Waals surface area (Å²) < 4.78 is 2.48. The van der Waals surface area contributed by atoms with E-state index >= 15 is 0 Å². The Hall–Kier alpha value is -2.55. The minimum absolute atomic E-state index is 0.0730. The number of hydrogen-bond acceptors (Lipinski definition) is 5. The minimum atomic E-state index is -0.0730. The fourth-order valence-electron chi connectivity index (χ4n) is 2.82. The molecule has 0 radical (unpaired) electrons. The molecule has 0 aliphatic heterocycles. The van der Waals surface area contributed by atoms with Crippen LogP contribution >= 0.6 is 34.9 Å². The lowest BCUT2D eigenvalue weighted by Gasteiger charge is -2.06. The molecule has 0 fully saturated rings. The van der Waals surface area contributed by atoms with E-state index in [1.54, 1.807) is 28.9 Å². The van der Waals surface area contributed by atoms with Crippen molar-refractivity contribution in [2.24, 2.45) is 0 Å². The number of nitrogens with one attached hydrogen (secondary N) is 2. The summed E-state index contributed by atoms with van der Waals surface area (Å²) in [5, 5.41) is 6.14. The summed E-state index contributed by atoms with van der Waals surface area (Å²) in [6.45, 7) is 2.61. The Labute approximate surface area is 175 Å². The third-order valence-electron chi connectivity index (χ3n) is 4.25. The number of thiophene rings is 1. The van der Waals surface area contributed by atoms with E-state index in [0.29, 0.717) is 16.9 Å². The van der Waals surface area contributed by atoms with Crippen LogP contribution in [0.4, 0.5) is 0 Å². The van der Waals surface area contributed by atoms with E-state index in [9.17, 15) is 4.79 Å². The summed E-state index contributed by atoms with van der Waals surface area (Å²) in [6.07, 6.45) is 4.45. The average Bonchev–Trinajstić information content (AvgIpc) is 3.43. The Morgan fingerprint density at radius 2 is 2.07 bits per heavy atom. The third kappa shape index (κ3) is 4.14. The molecule has 5 nitrogen and oxygen atoms in total. The highest BCUT2D eigenvalue weighted by Gasteiger charge is 2.08. The van der Waals surface area contributed by atoms with Crippen LogP contribution < -0.4 is 5.32 Å². The van der Waals surface area contributed by atoms with Crippen LogP contribution in [0.1, 0.15) is 20.2 Å². The molecule has 142 valence electrons. The number of carbonyl (C=O) groups is 1. The second-order valence-corrected chi connectivity index (χ2v) is 8.82. The van der Waals surface area contributed by atoms with Gasteiger partial charge in [0.05, 0.1) is 15.6 Å². The quantitative estimate of drug-likeness (QED) is 0.427. The first-order valence-corrected chi connectivity index (χ1v) is 10.9. The van der Waals surface area contributed by atoms with Gasteiger partial charge in [-0.05, 0) is 62.0 Å². The molecule has 28 heavy (non-hydrogen) atoms. The number of benzene rings is 1. The predicted octanol–water partition coefficient (Wildman–Crippen LogP) is 5.00. The first-order chi connectivity index (χ1) is 13.6. The lowest BCUT2D eigenvalue weighted by Crippen LogP contribution is -2.25. The highest BCUT2D eigenvalue weighted by Crippen LogP contribution is 2.29. The molecule has 8 heteroatoms. The van der Waals surface area contributed by atoms with E-state index in [1.165, 1.54) is 9.75 Å². The van der Waals surface area contributed by atoms with E-state index in [1.807, 2.05) is 42.0 Å². The molecular formula is C20H18N4OS3. The summed E-state index contributed by atoms with van der Waals surface area (Å²) >= 11 is 8.60. The van der Waals surface area contributed by atoms with Gasteiger partial charge in [-0.25, -0.2) is 4.98 Å². The number of imidazole rings is 1. The maximum Gasteiger partial charge on any atom is 0.251 e. The van der Waals surface area contributed by atoms with Gasteiger partial charge in [0, 0.05) is 40.4 Å². The molecule has 1 aromatic carbocycles. The molecule has 4 rings (SSSR count). The number of nitrogens with zero attached hydrogens (tertiary/aromatic N) is 2. The maximum absolute atomic E-state index is 12.4. The summed E-state index contributed by atoms with van der Waals surface area (Å²) in [5.41, 5.74) is 2.59. The standard InChI is InChI=1S/C20H18N4OS3/c1-13-23-17(12-27-13)18-7-6-16(28-18)8-9-21-19(25)14-2-4-15(5-3-14)24-11-10-22-20(24)26/h2-7,10-12H,8-9H2,1H3,(H,21,25)(H,22,26). The van der Waals surface area contributed by atoms with Gasteiger partial charge < -0.3 is 10.3 Å². The van der Waals surface area contributed by atoms with Crippen molar-refractivity contribution in [1.82, 2.24) is 19.9 Å². The molecule has 0 aliphatic carbocycles. The fourth-order valence-corrected chi connectivity index (χ4v) is 4.71. The van der Waals surface area contributed by atoms with Crippen molar-refractivity contribution >= 4 is 40.8 Å². The molecule has 0 saturated carbocycles. The predicted molar refractivity (Wildman–Crippen MR) is 117 cm³/mol. The van der Waals surface area contributed by atoms with Crippen LogP contribution in [0, 0.1) is 11.7 Å². The second-order valence-electron chi connectivity index (χ2n) is 6.21. The summed E-state index contributed by atoms with van der Waals surface area (Å²) in [6, 6.07) is 11.6. The van der Waals surface area contributed by atoms with Gasteiger partial charge in [0.15, 0.2) is 4.77 Å². The molecule has 0 atom stereocenters. The normalized spacial score (nSPS) is 10.9. The molecule has 3 aromatic heterocycles. The molecule has 4 aromatic rings. The van der Waals surface area contributed by atoms with Gasteiger partial charge in [-0.3, -0.25) is 9.36 Å². The van der Waals surface area contributed by atoms with Crippen LogP contribution in [0.25, 0.3) is 16.3 Å². The van der Waals surface area contributed by atoms with Crippen molar-refractivity contribution in [2.45, 2.75) is 13.3 Å². The smallest absolute Gasteiger partial charge is 0.251 e. The highest BCUT2D eigenvalue weighted by atomic mass is 32.1. The lowest BCUT2D eigenvalue weighted by molar-refractivity contribution is 0.0954. The Morgan fingerprint density at radius 1 is 1.25 bits per heavy atom. The molecular weight excluding hydrogens is 408 g/mol. The highest BCUT2D eigenvalue weighted by molar-refractivity contribution is 7.71.